The van der Waals surface area contributed by atoms with E-state index in [1.807, 2.05) is 11.8 Å². The molecule has 0 aliphatic carbocycles. The van der Waals surface area contributed by atoms with E-state index in [0.29, 0.717) is 18.7 Å². The number of carboxylic acid groups (broad SMARTS) is 1. The Morgan fingerprint density at radius 1 is 1.39 bits per heavy atom. The molecule has 0 saturated carbocycles. The maximum absolute atomic E-state index is 12.8. The number of carbonyl (C=O) groups is 1. The standard InChI is InChI=1S/C18H20F3N5O2/c1-10(11-2-3-16(23-6-11)18(19,20)21)25-8-14-12-7-22-5-4-13(12)24-26(14)15(9-25)17(27)28/h2-3,6,10,15,22H,4-5,7-9H2,1H3,(H,27,28). The van der Waals surface area contributed by atoms with Crippen LogP contribution in [-0.4, -0.2) is 43.8 Å². The lowest BCUT2D eigenvalue weighted by molar-refractivity contribution is -0.143. The summed E-state index contributed by atoms with van der Waals surface area (Å²) in [7, 11) is 0. The molecule has 0 radical (unpaired) electrons. The predicted octanol–water partition coefficient (Wildman–Crippen LogP) is 2.15. The molecular weight excluding hydrogens is 375 g/mol. The Hall–Kier alpha value is -2.46. The molecule has 0 spiro atoms. The first-order valence-corrected chi connectivity index (χ1v) is 9.05. The summed E-state index contributed by atoms with van der Waals surface area (Å²) < 4.78 is 39.9. The Balaban J connectivity index is 1.64. The molecule has 0 aromatic carbocycles. The largest absolute Gasteiger partial charge is 0.480 e. The highest BCUT2D eigenvalue weighted by atomic mass is 19.4. The topological polar surface area (TPSA) is 83.3 Å². The second-order valence-corrected chi connectivity index (χ2v) is 7.18. The number of halogens is 3. The molecule has 4 heterocycles. The van der Waals surface area contributed by atoms with Crippen LogP contribution in [0, 0.1) is 0 Å². The van der Waals surface area contributed by atoms with E-state index in [-0.39, 0.29) is 12.6 Å². The summed E-state index contributed by atoms with van der Waals surface area (Å²) >= 11 is 0. The summed E-state index contributed by atoms with van der Waals surface area (Å²) in [5.41, 5.74) is 2.47. The molecule has 7 nitrogen and oxygen atoms in total. The minimum atomic E-state index is -4.49. The van der Waals surface area contributed by atoms with Crippen LogP contribution in [0.3, 0.4) is 0 Å². The van der Waals surface area contributed by atoms with Crippen molar-refractivity contribution in [1.82, 2.24) is 25.0 Å². The van der Waals surface area contributed by atoms with Gasteiger partial charge in [0.15, 0.2) is 6.04 Å². The van der Waals surface area contributed by atoms with Gasteiger partial charge in [0.1, 0.15) is 5.69 Å². The van der Waals surface area contributed by atoms with Gasteiger partial charge in [-0.15, -0.1) is 0 Å². The van der Waals surface area contributed by atoms with Crippen LogP contribution in [0.15, 0.2) is 18.3 Å². The Labute approximate surface area is 159 Å². The molecule has 2 N–H and O–H groups in total. The van der Waals surface area contributed by atoms with Crippen LogP contribution in [0.4, 0.5) is 13.2 Å². The van der Waals surface area contributed by atoms with Gasteiger partial charge in [0.05, 0.1) is 11.4 Å². The number of hydrogen-bond acceptors (Lipinski definition) is 5. The van der Waals surface area contributed by atoms with Crippen LogP contribution in [-0.2, 0) is 30.5 Å². The number of alkyl halides is 3. The van der Waals surface area contributed by atoms with Gasteiger partial charge in [0.25, 0.3) is 0 Å². The minimum absolute atomic E-state index is 0.221. The third kappa shape index (κ3) is 3.26. The van der Waals surface area contributed by atoms with Gasteiger partial charge < -0.3 is 10.4 Å². The SMILES string of the molecule is CC(c1ccc(C(F)(F)F)nc1)N1Cc2c3c(nn2C(C(=O)O)C1)CCNC3. The molecule has 28 heavy (non-hydrogen) atoms. The lowest BCUT2D eigenvalue weighted by Crippen LogP contribution is -2.42. The quantitative estimate of drug-likeness (QED) is 0.829. The minimum Gasteiger partial charge on any atom is -0.480 e. The molecule has 2 aliphatic heterocycles. The van der Waals surface area contributed by atoms with E-state index in [0.717, 1.165) is 36.0 Å². The number of aliphatic carboxylic acids is 1. The molecule has 2 aromatic heterocycles. The van der Waals surface area contributed by atoms with E-state index in [2.05, 4.69) is 15.4 Å². The van der Waals surface area contributed by atoms with Crippen LogP contribution >= 0.6 is 0 Å². The van der Waals surface area contributed by atoms with Gasteiger partial charge in [-0.25, -0.2) is 4.79 Å². The van der Waals surface area contributed by atoms with Crippen molar-refractivity contribution >= 4 is 5.97 Å². The predicted molar refractivity (Wildman–Crippen MR) is 92.4 cm³/mol. The van der Waals surface area contributed by atoms with Gasteiger partial charge in [-0.1, -0.05) is 6.07 Å². The van der Waals surface area contributed by atoms with Crippen molar-refractivity contribution in [2.75, 3.05) is 13.1 Å². The van der Waals surface area contributed by atoms with Crippen molar-refractivity contribution in [1.29, 1.82) is 0 Å². The number of fused-ring (bicyclic) bond motifs is 3. The molecular formula is C18H20F3N5O2. The molecule has 2 aromatic rings. The Bertz CT molecular complexity index is 894. The van der Waals surface area contributed by atoms with Crippen molar-refractivity contribution < 1.29 is 23.1 Å². The van der Waals surface area contributed by atoms with Crippen molar-refractivity contribution in [2.45, 2.75) is 44.7 Å². The lowest BCUT2D eigenvalue weighted by atomic mass is 10.0. The van der Waals surface area contributed by atoms with Crippen molar-refractivity contribution in [3.63, 3.8) is 0 Å². The Morgan fingerprint density at radius 2 is 2.18 bits per heavy atom. The number of pyridine rings is 1. The van der Waals surface area contributed by atoms with E-state index in [4.69, 9.17) is 0 Å². The highest BCUT2D eigenvalue weighted by molar-refractivity contribution is 5.72. The lowest BCUT2D eigenvalue weighted by Gasteiger charge is -2.36. The van der Waals surface area contributed by atoms with Gasteiger partial charge in [-0.3, -0.25) is 14.6 Å². The van der Waals surface area contributed by atoms with Gasteiger partial charge in [0, 0.05) is 50.4 Å². The van der Waals surface area contributed by atoms with Gasteiger partial charge in [0.2, 0.25) is 0 Å². The first-order chi connectivity index (χ1) is 13.3. The number of carboxylic acids is 1. The van der Waals surface area contributed by atoms with Gasteiger partial charge in [-0.05, 0) is 18.6 Å². The summed E-state index contributed by atoms with van der Waals surface area (Å²) in [4.78, 5) is 17.3. The Morgan fingerprint density at radius 3 is 2.82 bits per heavy atom. The molecule has 4 rings (SSSR count). The zero-order chi connectivity index (χ0) is 20.1. The van der Waals surface area contributed by atoms with Gasteiger partial charge in [-0.2, -0.15) is 18.3 Å². The normalized spacial score (nSPS) is 21.1. The van der Waals surface area contributed by atoms with E-state index in [9.17, 15) is 23.1 Å². The van der Waals surface area contributed by atoms with E-state index >= 15 is 0 Å². The fourth-order valence-electron chi connectivity index (χ4n) is 3.87. The maximum atomic E-state index is 12.8. The fraction of sp³-hybridized carbons (Fsp3) is 0.500. The van der Waals surface area contributed by atoms with Crippen molar-refractivity contribution in [2.24, 2.45) is 0 Å². The molecule has 2 aliphatic rings. The molecule has 2 unspecified atom stereocenters. The van der Waals surface area contributed by atoms with E-state index in [1.54, 1.807) is 4.68 Å². The molecule has 2 atom stereocenters. The first-order valence-electron chi connectivity index (χ1n) is 9.05. The van der Waals surface area contributed by atoms with Crippen LogP contribution in [0.25, 0.3) is 0 Å². The average molecular weight is 395 g/mol. The summed E-state index contributed by atoms with van der Waals surface area (Å²) in [5, 5.41) is 17.5. The molecule has 150 valence electrons. The summed E-state index contributed by atoms with van der Waals surface area (Å²) in [6.07, 6.45) is -2.52. The second-order valence-electron chi connectivity index (χ2n) is 7.18. The highest BCUT2D eigenvalue weighted by Gasteiger charge is 2.37. The molecule has 0 amide bonds. The smallest absolute Gasteiger partial charge is 0.433 e. The van der Waals surface area contributed by atoms with Crippen LogP contribution in [0.2, 0.25) is 0 Å². The number of aromatic nitrogens is 3. The van der Waals surface area contributed by atoms with Gasteiger partial charge >= 0.3 is 12.1 Å². The zero-order valence-corrected chi connectivity index (χ0v) is 15.2. The fourth-order valence-corrected chi connectivity index (χ4v) is 3.87. The number of rotatable bonds is 3. The third-order valence-electron chi connectivity index (χ3n) is 5.49. The van der Waals surface area contributed by atoms with E-state index < -0.39 is 23.9 Å². The van der Waals surface area contributed by atoms with Crippen LogP contribution in [0.1, 0.15) is 47.2 Å². The summed E-state index contributed by atoms with van der Waals surface area (Å²) in [5.74, 6) is -0.975. The third-order valence-corrected chi connectivity index (χ3v) is 5.49. The molecule has 0 saturated heterocycles. The highest BCUT2D eigenvalue weighted by Crippen LogP contribution is 2.33. The average Bonchev–Trinajstić information content (AvgIpc) is 3.04. The second kappa shape index (κ2) is 6.85. The van der Waals surface area contributed by atoms with Crippen molar-refractivity contribution in [3.8, 4) is 0 Å². The number of nitrogens with one attached hydrogen (secondary N) is 1. The van der Waals surface area contributed by atoms with E-state index in [1.165, 1.54) is 12.3 Å². The van der Waals surface area contributed by atoms with Crippen LogP contribution < -0.4 is 5.32 Å². The summed E-state index contributed by atoms with van der Waals surface area (Å²) in [6.45, 7) is 3.99. The summed E-state index contributed by atoms with van der Waals surface area (Å²) in [6, 6.07) is 1.24. The monoisotopic (exact) mass is 395 g/mol. The number of hydrogen-bond donors (Lipinski definition) is 2. The Kier molecular flexibility index (Phi) is 4.62. The van der Waals surface area contributed by atoms with Crippen molar-refractivity contribution in [3.05, 3.63) is 46.5 Å². The zero-order valence-electron chi connectivity index (χ0n) is 15.2. The molecule has 10 heteroatoms. The van der Waals surface area contributed by atoms with Crippen LogP contribution in [0.5, 0.6) is 0 Å². The first kappa shape index (κ1) is 18.9. The molecule has 0 bridgehead atoms. The number of nitrogens with zero attached hydrogens (tertiary/aromatic N) is 4. The molecule has 0 fully saturated rings. The maximum Gasteiger partial charge on any atom is 0.433 e.